The SMILES string of the molecule is CC/C=C\C/C=C\C/C=C\C/C=C\C/C=C\C/C=C\CCC(=O)OC(COC(=O)CCCC/C=C\C/C=C\C/C=C\C/C=C\CC)COC(=O)CCCCCCCCCCC/C=C\C/C=C\C/C=C\C/C=C\C/C=C\CC. The molecule has 6 heteroatoms. The highest BCUT2D eigenvalue weighted by Crippen LogP contribution is 2.13. The fourth-order valence-corrected chi connectivity index (χ4v) is 7.48. The van der Waals surface area contributed by atoms with Gasteiger partial charge in [-0.25, -0.2) is 0 Å². The normalized spacial score (nSPS) is 13.4. The van der Waals surface area contributed by atoms with E-state index in [1.165, 1.54) is 38.5 Å². The topological polar surface area (TPSA) is 78.9 Å². The van der Waals surface area contributed by atoms with Crippen LogP contribution in [0.5, 0.6) is 0 Å². The van der Waals surface area contributed by atoms with Crippen molar-refractivity contribution in [3.8, 4) is 0 Å². The van der Waals surface area contributed by atoms with Gasteiger partial charge in [-0.1, -0.05) is 248 Å². The first-order valence-electron chi connectivity index (χ1n) is 30.3. The highest BCUT2D eigenvalue weighted by Gasteiger charge is 2.19. The van der Waals surface area contributed by atoms with Crippen molar-refractivity contribution in [3.63, 3.8) is 0 Å². The quantitative estimate of drug-likeness (QED) is 0.0261. The van der Waals surface area contributed by atoms with Crippen molar-refractivity contribution >= 4 is 17.9 Å². The molecule has 1 atom stereocenters. The number of esters is 3. The summed E-state index contributed by atoms with van der Waals surface area (Å²) >= 11 is 0. The predicted octanol–water partition coefficient (Wildman–Crippen LogP) is 20.9. The number of allylic oxidation sites excluding steroid dienone is 30. The third-order valence-electron chi connectivity index (χ3n) is 11.9. The smallest absolute Gasteiger partial charge is 0.306 e. The average molecular weight is 1060 g/mol. The fraction of sp³-hybridized carbons (Fsp3) is 0.535. The van der Waals surface area contributed by atoms with Gasteiger partial charge in [0.15, 0.2) is 6.10 Å². The zero-order valence-electron chi connectivity index (χ0n) is 48.9. The zero-order valence-corrected chi connectivity index (χ0v) is 48.9. The van der Waals surface area contributed by atoms with Crippen LogP contribution in [0.25, 0.3) is 0 Å². The Morgan fingerprint density at radius 3 is 0.805 bits per heavy atom. The number of hydrogen-bond acceptors (Lipinski definition) is 6. The summed E-state index contributed by atoms with van der Waals surface area (Å²) in [5.74, 6) is -1.08. The molecular formula is C71H108O6. The molecule has 0 radical (unpaired) electrons. The van der Waals surface area contributed by atoms with E-state index in [4.69, 9.17) is 14.2 Å². The summed E-state index contributed by atoms with van der Waals surface area (Å²) in [6.07, 6.45) is 94.7. The lowest BCUT2D eigenvalue weighted by molar-refractivity contribution is -0.166. The van der Waals surface area contributed by atoms with Crippen LogP contribution in [-0.2, 0) is 28.6 Å². The second-order valence-electron chi connectivity index (χ2n) is 19.1. The summed E-state index contributed by atoms with van der Waals surface area (Å²) in [7, 11) is 0. The summed E-state index contributed by atoms with van der Waals surface area (Å²) in [5.41, 5.74) is 0. The summed E-state index contributed by atoms with van der Waals surface area (Å²) in [4.78, 5) is 38.2. The van der Waals surface area contributed by atoms with Crippen molar-refractivity contribution in [2.45, 2.75) is 232 Å². The molecule has 6 nitrogen and oxygen atoms in total. The van der Waals surface area contributed by atoms with E-state index in [9.17, 15) is 14.4 Å². The van der Waals surface area contributed by atoms with Gasteiger partial charge in [-0.05, 0) is 141 Å². The van der Waals surface area contributed by atoms with Crippen LogP contribution in [0.1, 0.15) is 226 Å². The molecule has 77 heavy (non-hydrogen) atoms. The van der Waals surface area contributed by atoms with Crippen molar-refractivity contribution in [2.75, 3.05) is 13.2 Å². The lowest BCUT2D eigenvalue weighted by Crippen LogP contribution is -2.30. The van der Waals surface area contributed by atoms with Crippen LogP contribution >= 0.6 is 0 Å². The second-order valence-corrected chi connectivity index (χ2v) is 19.1. The molecule has 0 rings (SSSR count). The molecule has 0 spiro atoms. The Labute approximate surface area is 472 Å². The van der Waals surface area contributed by atoms with Crippen LogP contribution in [0, 0.1) is 0 Å². The van der Waals surface area contributed by atoms with Crippen LogP contribution in [0.2, 0.25) is 0 Å². The Morgan fingerprint density at radius 1 is 0.260 bits per heavy atom. The van der Waals surface area contributed by atoms with Gasteiger partial charge >= 0.3 is 17.9 Å². The molecule has 0 aromatic rings. The predicted molar refractivity (Wildman–Crippen MR) is 334 cm³/mol. The third kappa shape index (κ3) is 61.2. The molecule has 0 aliphatic heterocycles. The Bertz CT molecular complexity index is 1840. The van der Waals surface area contributed by atoms with Gasteiger partial charge in [0.25, 0.3) is 0 Å². The molecule has 0 amide bonds. The Balaban J connectivity index is 4.54. The van der Waals surface area contributed by atoms with Gasteiger partial charge < -0.3 is 14.2 Å². The Morgan fingerprint density at radius 2 is 0.494 bits per heavy atom. The molecule has 0 aromatic carbocycles. The van der Waals surface area contributed by atoms with Gasteiger partial charge in [-0.3, -0.25) is 14.4 Å². The van der Waals surface area contributed by atoms with Crippen LogP contribution < -0.4 is 0 Å². The molecule has 0 heterocycles. The van der Waals surface area contributed by atoms with Crippen LogP contribution in [0.15, 0.2) is 182 Å². The van der Waals surface area contributed by atoms with E-state index < -0.39 is 12.1 Å². The van der Waals surface area contributed by atoms with E-state index in [2.05, 4.69) is 191 Å². The standard InChI is InChI=1S/C71H108O6/c1-4-7-10-13-16-19-22-25-28-30-32-33-34-35-36-37-39-40-43-46-49-52-55-58-61-64-70(73)76-67-68(66-75-69(72)63-60-57-54-51-48-45-42-27-24-21-18-15-12-9-6-3)77-71(74)65-62-59-56-53-50-47-44-41-38-31-29-26-23-20-17-14-11-8-5-2/h7-12,16-21,25-29,32-33,35-36,38,41-42,47-48,50-51,56,59,68H,4-6,13-15,22-24,30-31,34,37,39-40,43-46,49,52-55,57-58,60-67H2,1-3H3/b10-7-,11-8-,12-9-,19-16-,20-17-,21-18-,28-25-,29-26-,33-32-,36-35-,41-38-,42-27-,50-47-,51-48-,59-56-. The third-order valence-corrected chi connectivity index (χ3v) is 11.9. The van der Waals surface area contributed by atoms with E-state index in [0.717, 1.165) is 135 Å². The maximum absolute atomic E-state index is 12.9. The summed E-state index contributed by atoms with van der Waals surface area (Å²) in [6, 6.07) is 0. The number of carbonyl (C=O) groups excluding carboxylic acids is 3. The monoisotopic (exact) mass is 1060 g/mol. The van der Waals surface area contributed by atoms with Crippen molar-refractivity contribution in [1.82, 2.24) is 0 Å². The van der Waals surface area contributed by atoms with E-state index in [1.807, 2.05) is 12.2 Å². The highest BCUT2D eigenvalue weighted by molar-refractivity contribution is 5.71. The van der Waals surface area contributed by atoms with Gasteiger partial charge in [0, 0.05) is 19.3 Å². The minimum Gasteiger partial charge on any atom is -0.462 e. The van der Waals surface area contributed by atoms with E-state index in [-0.39, 0.29) is 38.0 Å². The molecule has 0 saturated heterocycles. The second kappa shape index (κ2) is 63.0. The maximum atomic E-state index is 12.9. The molecule has 0 aliphatic rings. The molecule has 428 valence electrons. The number of ether oxygens (including phenoxy) is 3. The van der Waals surface area contributed by atoms with Crippen LogP contribution in [0.3, 0.4) is 0 Å². The van der Waals surface area contributed by atoms with Gasteiger partial charge in [0.2, 0.25) is 0 Å². The molecule has 0 bridgehead atoms. The number of unbranched alkanes of at least 4 members (excludes halogenated alkanes) is 11. The highest BCUT2D eigenvalue weighted by atomic mass is 16.6. The first-order chi connectivity index (χ1) is 38.0. The molecule has 0 aliphatic carbocycles. The van der Waals surface area contributed by atoms with Crippen molar-refractivity contribution in [2.24, 2.45) is 0 Å². The molecule has 0 aromatic heterocycles. The minimum absolute atomic E-state index is 0.134. The number of hydrogen-bond donors (Lipinski definition) is 0. The Kier molecular flexibility index (Phi) is 58.6. The van der Waals surface area contributed by atoms with Crippen molar-refractivity contribution in [1.29, 1.82) is 0 Å². The van der Waals surface area contributed by atoms with E-state index in [0.29, 0.717) is 19.3 Å². The van der Waals surface area contributed by atoms with Gasteiger partial charge in [-0.2, -0.15) is 0 Å². The molecule has 1 unspecified atom stereocenters. The summed E-state index contributed by atoms with van der Waals surface area (Å²) in [6.45, 7) is 6.18. The lowest BCUT2D eigenvalue weighted by Gasteiger charge is -2.18. The number of rotatable bonds is 52. The summed E-state index contributed by atoms with van der Waals surface area (Å²) < 4.78 is 16.8. The lowest BCUT2D eigenvalue weighted by atomic mass is 10.1. The Hall–Kier alpha value is -5.49. The molecular weight excluding hydrogens is 949 g/mol. The van der Waals surface area contributed by atoms with Crippen molar-refractivity contribution < 1.29 is 28.6 Å². The average Bonchev–Trinajstić information content (AvgIpc) is 3.43. The summed E-state index contributed by atoms with van der Waals surface area (Å²) in [5, 5.41) is 0. The van der Waals surface area contributed by atoms with E-state index >= 15 is 0 Å². The van der Waals surface area contributed by atoms with Crippen molar-refractivity contribution in [3.05, 3.63) is 182 Å². The van der Waals surface area contributed by atoms with Crippen LogP contribution in [0.4, 0.5) is 0 Å². The van der Waals surface area contributed by atoms with Crippen LogP contribution in [-0.4, -0.2) is 37.2 Å². The van der Waals surface area contributed by atoms with Gasteiger partial charge in [0.05, 0.1) is 0 Å². The first-order valence-corrected chi connectivity index (χ1v) is 30.3. The molecule has 0 N–H and O–H groups in total. The molecule has 0 saturated carbocycles. The minimum atomic E-state index is -0.850. The largest absolute Gasteiger partial charge is 0.462 e. The van der Waals surface area contributed by atoms with Gasteiger partial charge in [-0.15, -0.1) is 0 Å². The first kappa shape index (κ1) is 71.5. The fourth-order valence-electron chi connectivity index (χ4n) is 7.48. The van der Waals surface area contributed by atoms with Gasteiger partial charge in [0.1, 0.15) is 13.2 Å². The maximum Gasteiger partial charge on any atom is 0.306 e. The molecule has 0 fully saturated rings. The zero-order chi connectivity index (χ0) is 55.7. The number of carbonyl (C=O) groups is 3. The van der Waals surface area contributed by atoms with E-state index in [1.54, 1.807) is 0 Å².